The average Bonchev–Trinajstić information content (AvgIpc) is 2.61. The summed E-state index contributed by atoms with van der Waals surface area (Å²) in [6.07, 6.45) is 0. The van der Waals surface area contributed by atoms with Crippen molar-refractivity contribution >= 4 is 46.9 Å². The van der Waals surface area contributed by atoms with E-state index in [1.165, 1.54) is 0 Å². The predicted molar refractivity (Wildman–Crippen MR) is 89.5 cm³/mol. The van der Waals surface area contributed by atoms with Gasteiger partial charge in [-0.25, -0.2) is 26.3 Å². The normalized spacial score (nSPS) is 10.8. The molecule has 0 unspecified atom stereocenters. The van der Waals surface area contributed by atoms with Crippen molar-refractivity contribution in [2.75, 3.05) is 0 Å². The Balaban J connectivity index is 0.00000196. The molecule has 0 amide bonds. The minimum atomic E-state index is -4.51. The smallest absolute Gasteiger partial charge is 1.00 e. The summed E-state index contributed by atoms with van der Waals surface area (Å²) in [5, 5.41) is -0.768. The van der Waals surface area contributed by atoms with E-state index in [1.807, 2.05) is 0 Å². The molecule has 0 fully saturated rings. The summed E-state index contributed by atoms with van der Waals surface area (Å²) in [5.74, 6) is -7.58. The summed E-state index contributed by atoms with van der Waals surface area (Å²) in [4.78, 5) is 13.8. The summed E-state index contributed by atoms with van der Waals surface area (Å²) in [6.45, 7) is 0. The van der Waals surface area contributed by atoms with Gasteiger partial charge in [0, 0.05) is 0 Å². The zero-order valence-corrected chi connectivity index (χ0v) is 17.1. The van der Waals surface area contributed by atoms with E-state index in [2.05, 4.69) is 0 Å². The van der Waals surface area contributed by atoms with Gasteiger partial charge in [0.2, 0.25) is 0 Å². The van der Waals surface area contributed by atoms with Crippen LogP contribution < -0.4 is 32.8 Å². The van der Waals surface area contributed by atoms with E-state index < -0.39 is 43.2 Å². The van der Waals surface area contributed by atoms with Crippen LogP contribution in [-0.4, -0.2) is 31.4 Å². The van der Waals surface area contributed by atoms with Crippen molar-refractivity contribution in [1.82, 2.24) is 0 Å². The van der Waals surface area contributed by atoms with Crippen LogP contribution in [0.2, 0.25) is 0 Å². The third-order valence-corrected chi connectivity index (χ3v) is 7.35. The zero-order valence-electron chi connectivity index (χ0n) is 14.0. The Hall–Kier alpha value is -1.53. The average molecular weight is 443 g/mol. The fourth-order valence-electron chi connectivity index (χ4n) is 2.65. The van der Waals surface area contributed by atoms with Crippen molar-refractivity contribution in [1.29, 1.82) is 0 Å². The molecule has 0 aliphatic rings. The summed E-state index contributed by atoms with van der Waals surface area (Å²) >= 11 is 0. The summed E-state index contributed by atoms with van der Waals surface area (Å²) in [5.41, 5.74) is 0. The largest absolute Gasteiger partial charge is 2.00 e. The molecule has 0 aliphatic carbocycles. The molecule has 0 aromatic heterocycles. The molecule has 1 nitrogen and oxygen atoms in total. The van der Waals surface area contributed by atoms with Gasteiger partial charge in [0.05, 0.1) is 8.32 Å². The second-order valence-electron chi connectivity index (χ2n) is 5.57. The summed E-state index contributed by atoms with van der Waals surface area (Å²) in [7, 11) is -4.51. The Morgan fingerprint density at radius 2 is 0.750 bits per heavy atom. The first-order chi connectivity index (χ1) is 12.2. The van der Waals surface area contributed by atoms with Gasteiger partial charge in [0.25, 0.3) is 0 Å². The van der Waals surface area contributed by atoms with Gasteiger partial charge < -0.3 is 17.2 Å². The molecule has 3 aromatic carbocycles. The van der Waals surface area contributed by atoms with Crippen LogP contribution in [0.5, 0.6) is 0 Å². The van der Waals surface area contributed by atoms with Crippen LogP contribution in [0.25, 0.3) is 0 Å². The third-order valence-electron chi connectivity index (χ3n) is 3.98. The van der Waals surface area contributed by atoms with Gasteiger partial charge in [-0.1, -0.05) is 33.8 Å². The Morgan fingerprint density at radius 1 is 0.500 bits per heavy atom. The minimum Gasteiger partial charge on any atom is -1.00 e. The van der Waals surface area contributed by atoms with Crippen LogP contribution in [0.3, 0.4) is 0 Å². The number of hydrogen-bond donors (Lipinski definition) is 0. The number of rotatable bonds is 3. The molecule has 0 radical (unpaired) electrons. The number of hydrogen-bond acceptors (Lipinski definition) is 1. The second-order valence-corrected chi connectivity index (χ2v) is 8.66. The van der Waals surface area contributed by atoms with E-state index in [-0.39, 0.29) is 51.0 Å². The minimum absolute atomic E-state index is 0. The van der Waals surface area contributed by atoms with Gasteiger partial charge in [-0.3, -0.25) is 0 Å². The van der Waals surface area contributed by atoms with Crippen LogP contribution >= 0.6 is 0 Å². The molecule has 3 aromatic rings. The molecule has 142 valence electrons. The van der Waals surface area contributed by atoms with Crippen molar-refractivity contribution in [3.8, 4) is 0 Å². The number of benzene rings is 3. The van der Waals surface area contributed by atoms with Gasteiger partial charge in [0.1, 0.15) is 0 Å². The van der Waals surface area contributed by atoms with Gasteiger partial charge in [0.15, 0.2) is 34.9 Å². The van der Waals surface area contributed by atoms with Crippen molar-refractivity contribution in [2.45, 2.75) is 0 Å². The maximum atomic E-state index is 13.8. The topological polar surface area (TPSA) is 23.1 Å². The van der Waals surface area contributed by atoms with Crippen LogP contribution in [0.4, 0.5) is 26.3 Å². The molecule has 0 saturated heterocycles. The van der Waals surface area contributed by atoms with Crippen molar-refractivity contribution in [2.24, 2.45) is 0 Å². The first-order valence-electron chi connectivity index (χ1n) is 7.30. The van der Waals surface area contributed by atoms with Crippen LogP contribution in [-0.2, 0) is 0 Å². The molecule has 28 heavy (non-hydrogen) atoms. The Morgan fingerprint density at radius 3 is 0.964 bits per heavy atom. The number of halogens is 7. The van der Waals surface area contributed by atoms with Crippen molar-refractivity contribution in [3.05, 3.63) is 89.5 Å². The Kier molecular flexibility index (Phi) is 8.15. The summed E-state index contributed by atoms with van der Waals surface area (Å²) < 4.78 is 80.7. The van der Waals surface area contributed by atoms with E-state index in [0.717, 1.165) is 18.2 Å². The molecule has 0 saturated carbocycles. The third kappa shape index (κ3) is 4.38. The molecule has 0 bridgehead atoms. The molecule has 3 rings (SSSR count). The van der Waals surface area contributed by atoms with Gasteiger partial charge in [-0.05, 0) is 36.4 Å². The van der Waals surface area contributed by atoms with Crippen molar-refractivity contribution in [3.63, 3.8) is 0 Å². The molecule has 0 aliphatic heterocycles. The SMILES string of the molecule is [Cl-].[Mg+2].[O-][Si](c1ccc(F)c(F)c1)(c1ccc(F)c(F)c1)c1ccc(F)c(F)c1. The molecule has 0 atom stereocenters. The standard InChI is InChI=1S/C18H9F6OSi.ClH.Mg/c19-13-4-1-10(7-16(13)22)26(25,11-2-5-14(20)17(23)8-11)12-3-6-15(21)18(24)9-12;;/h1-9H;1H;/q-1;;+2/p-1. The fourth-order valence-corrected chi connectivity index (χ4v) is 5.59. The molecule has 0 spiro atoms. The van der Waals surface area contributed by atoms with E-state index in [9.17, 15) is 31.1 Å². The Labute approximate surface area is 179 Å². The first-order valence-corrected chi connectivity index (χ1v) is 9.21. The monoisotopic (exact) mass is 442 g/mol. The Bertz CT molecular complexity index is 879. The fraction of sp³-hybridized carbons (Fsp3) is 0. The van der Waals surface area contributed by atoms with Crippen LogP contribution in [0, 0.1) is 34.9 Å². The van der Waals surface area contributed by atoms with E-state index in [4.69, 9.17) is 0 Å². The van der Waals surface area contributed by atoms with Gasteiger partial charge in [-0.2, -0.15) is 0 Å². The predicted octanol–water partition coefficient (Wildman–Crippen LogP) is -1.53. The molecular formula is C18H9ClF6MgOSi. The molecule has 0 N–H and O–H groups in total. The second kappa shape index (κ2) is 9.31. The molecule has 0 heterocycles. The van der Waals surface area contributed by atoms with E-state index in [1.54, 1.807) is 0 Å². The maximum absolute atomic E-state index is 13.8. The van der Waals surface area contributed by atoms with E-state index in [0.29, 0.717) is 36.4 Å². The van der Waals surface area contributed by atoms with Crippen LogP contribution in [0.1, 0.15) is 0 Å². The molecule has 10 heteroatoms. The van der Waals surface area contributed by atoms with E-state index >= 15 is 0 Å². The van der Waals surface area contributed by atoms with Gasteiger partial charge in [-0.15, -0.1) is 0 Å². The molecular weight excluding hydrogens is 434 g/mol. The zero-order chi connectivity index (χ0) is 19.1. The summed E-state index contributed by atoms with van der Waals surface area (Å²) in [6, 6.07) is 7.05. The van der Waals surface area contributed by atoms with Gasteiger partial charge >= 0.3 is 23.1 Å². The van der Waals surface area contributed by atoms with Crippen molar-refractivity contribution < 1.29 is 43.5 Å². The quantitative estimate of drug-likeness (QED) is 0.274. The first kappa shape index (κ1) is 24.5. The van der Waals surface area contributed by atoms with Crippen LogP contribution in [0.15, 0.2) is 54.6 Å². The maximum Gasteiger partial charge on any atom is 2.00 e.